The SMILES string of the molecule is CCC(C)c1ccccc1OCCN(CC)c1ccccc1. The summed E-state index contributed by atoms with van der Waals surface area (Å²) in [7, 11) is 0. The van der Waals surface area contributed by atoms with Gasteiger partial charge < -0.3 is 9.64 Å². The van der Waals surface area contributed by atoms with E-state index in [2.05, 4.69) is 80.3 Å². The number of hydrogen-bond donors (Lipinski definition) is 0. The van der Waals surface area contributed by atoms with Crippen molar-refractivity contribution in [2.24, 2.45) is 0 Å². The summed E-state index contributed by atoms with van der Waals surface area (Å²) < 4.78 is 6.07. The monoisotopic (exact) mass is 297 g/mol. The Balaban J connectivity index is 1.96. The first-order chi connectivity index (χ1) is 10.8. The van der Waals surface area contributed by atoms with Gasteiger partial charge in [-0.2, -0.15) is 0 Å². The molecule has 0 fully saturated rings. The van der Waals surface area contributed by atoms with Crippen molar-refractivity contribution in [2.45, 2.75) is 33.1 Å². The number of rotatable bonds is 8. The number of anilines is 1. The molecule has 0 aromatic heterocycles. The molecule has 2 rings (SSSR count). The second-order valence-corrected chi connectivity index (χ2v) is 5.61. The summed E-state index contributed by atoms with van der Waals surface area (Å²) in [6.07, 6.45) is 1.13. The number of ether oxygens (including phenoxy) is 1. The number of likely N-dealkylation sites (N-methyl/N-ethyl adjacent to an activating group) is 1. The molecular formula is C20H27NO. The van der Waals surface area contributed by atoms with Gasteiger partial charge in [0.05, 0.1) is 6.54 Å². The average Bonchev–Trinajstić information content (AvgIpc) is 2.59. The summed E-state index contributed by atoms with van der Waals surface area (Å²) in [5, 5.41) is 0. The van der Waals surface area contributed by atoms with Gasteiger partial charge in [-0.15, -0.1) is 0 Å². The molecule has 0 radical (unpaired) electrons. The Labute approximate surface area is 134 Å². The lowest BCUT2D eigenvalue weighted by atomic mass is 9.98. The zero-order valence-electron chi connectivity index (χ0n) is 14.0. The van der Waals surface area contributed by atoms with Crippen molar-refractivity contribution in [2.75, 3.05) is 24.6 Å². The second kappa shape index (κ2) is 8.47. The van der Waals surface area contributed by atoms with Gasteiger partial charge in [0.25, 0.3) is 0 Å². The third-order valence-corrected chi connectivity index (χ3v) is 4.18. The fourth-order valence-electron chi connectivity index (χ4n) is 2.61. The van der Waals surface area contributed by atoms with Crippen molar-refractivity contribution in [1.29, 1.82) is 0 Å². The van der Waals surface area contributed by atoms with Gasteiger partial charge in [-0.1, -0.05) is 50.2 Å². The van der Waals surface area contributed by atoms with Gasteiger partial charge in [0.15, 0.2) is 0 Å². The van der Waals surface area contributed by atoms with Crippen LogP contribution in [0.2, 0.25) is 0 Å². The van der Waals surface area contributed by atoms with Crippen molar-refractivity contribution < 1.29 is 4.74 Å². The summed E-state index contributed by atoms with van der Waals surface area (Å²) in [5.41, 5.74) is 2.57. The van der Waals surface area contributed by atoms with Gasteiger partial charge in [0.2, 0.25) is 0 Å². The maximum Gasteiger partial charge on any atom is 0.122 e. The third-order valence-electron chi connectivity index (χ3n) is 4.18. The van der Waals surface area contributed by atoms with Crippen LogP contribution in [0.5, 0.6) is 5.75 Å². The standard InChI is InChI=1S/C20H27NO/c1-4-17(3)19-13-9-10-14-20(19)22-16-15-21(5-2)18-11-7-6-8-12-18/h6-14,17H,4-5,15-16H2,1-3H3. The molecule has 0 heterocycles. The minimum atomic E-state index is 0.535. The zero-order valence-corrected chi connectivity index (χ0v) is 14.0. The molecule has 0 amide bonds. The van der Waals surface area contributed by atoms with Gasteiger partial charge in [-0.25, -0.2) is 0 Å². The smallest absolute Gasteiger partial charge is 0.122 e. The minimum Gasteiger partial charge on any atom is -0.491 e. The van der Waals surface area contributed by atoms with E-state index in [1.54, 1.807) is 0 Å². The van der Waals surface area contributed by atoms with Gasteiger partial charge in [-0.05, 0) is 43.0 Å². The van der Waals surface area contributed by atoms with Crippen LogP contribution >= 0.6 is 0 Å². The largest absolute Gasteiger partial charge is 0.491 e. The Hall–Kier alpha value is -1.96. The van der Waals surface area contributed by atoms with Crippen molar-refractivity contribution in [3.8, 4) is 5.75 Å². The quantitative estimate of drug-likeness (QED) is 0.671. The molecule has 118 valence electrons. The molecule has 0 bridgehead atoms. The molecule has 0 aliphatic heterocycles. The van der Waals surface area contributed by atoms with Gasteiger partial charge >= 0.3 is 0 Å². The van der Waals surface area contributed by atoms with Crippen molar-refractivity contribution in [1.82, 2.24) is 0 Å². The van der Waals surface area contributed by atoms with Crippen LogP contribution in [0.4, 0.5) is 5.69 Å². The first-order valence-electron chi connectivity index (χ1n) is 8.28. The van der Waals surface area contributed by atoms with Crippen molar-refractivity contribution in [3.05, 3.63) is 60.2 Å². The van der Waals surface area contributed by atoms with E-state index in [-0.39, 0.29) is 0 Å². The van der Waals surface area contributed by atoms with E-state index in [4.69, 9.17) is 4.74 Å². The highest BCUT2D eigenvalue weighted by Crippen LogP contribution is 2.28. The fourth-order valence-corrected chi connectivity index (χ4v) is 2.61. The predicted molar refractivity (Wildman–Crippen MR) is 95.0 cm³/mol. The number of nitrogens with zero attached hydrogens (tertiary/aromatic N) is 1. The molecule has 2 aromatic carbocycles. The van der Waals surface area contributed by atoms with Crippen LogP contribution in [-0.2, 0) is 0 Å². The van der Waals surface area contributed by atoms with Crippen LogP contribution in [0.15, 0.2) is 54.6 Å². The number of hydrogen-bond acceptors (Lipinski definition) is 2. The Bertz CT molecular complexity index is 553. The molecule has 2 aromatic rings. The zero-order chi connectivity index (χ0) is 15.8. The Kier molecular flexibility index (Phi) is 6.32. The summed E-state index contributed by atoms with van der Waals surface area (Å²) in [5.74, 6) is 1.56. The topological polar surface area (TPSA) is 12.5 Å². The molecule has 22 heavy (non-hydrogen) atoms. The third kappa shape index (κ3) is 4.27. The number of para-hydroxylation sites is 2. The molecule has 0 aliphatic rings. The molecule has 2 heteroatoms. The maximum atomic E-state index is 6.07. The Morgan fingerprint density at radius 3 is 2.32 bits per heavy atom. The lowest BCUT2D eigenvalue weighted by Gasteiger charge is -2.24. The molecule has 0 spiro atoms. The first-order valence-corrected chi connectivity index (χ1v) is 8.28. The van der Waals surface area contributed by atoms with Crippen LogP contribution in [0.1, 0.15) is 38.7 Å². The fraction of sp³-hybridized carbons (Fsp3) is 0.400. The molecular weight excluding hydrogens is 270 g/mol. The molecule has 0 N–H and O–H groups in total. The summed E-state index contributed by atoms with van der Waals surface area (Å²) in [6, 6.07) is 18.9. The summed E-state index contributed by atoms with van der Waals surface area (Å²) in [4.78, 5) is 2.34. The minimum absolute atomic E-state index is 0.535. The van der Waals surface area contributed by atoms with E-state index in [0.717, 1.165) is 25.3 Å². The normalized spacial score (nSPS) is 12.0. The molecule has 0 saturated carbocycles. The maximum absolute atomic E-state index is 6.07. The van der Waals surface area contributed by atoms with Gasteiger partial charge in [-0.3, -0.25) is 0 Å². The molecule has 1 unspecified atom stereocenters. The van der Waals surface area contributed by atoms with E-state index in [0.29, 0.717) is 12.5 Å². The van der Waals surface area contributed by atoms with Gasteiger partial charge in [0, 0.05) is 12.2 Å². The van der Waals surface area contributed by atoms with Crippen LogP contribution in [0.25, 0.3) is 0 Å². The molecule has 2 nitrogen and oxygen atoms in total. The van der Waals surface area contributed by atoms with Gasteiger partial charge in [0.1, 0.15) is 12.4 Å². The molecule has 0 saturated heterocycles. The van der Waals surface area contributed by atoms with E-state index < -0.39 is 0 Å². The predicted octanol–water partition coefficient (Wildman–Crippen LogP) is 5.11. The van der Waals surface area contributed by atoms with Crippen LogP contribution in [-0.4, -0.2) is 19.7 Å². The lowest BCUT2D eigenvalue weighted by molar-refractivity contribution is 0.319. The highest BCUT2D eigenvalue weighted by atomic mass is 16.5. The molecule has 1 atom stereocenters. The second-order valence-electron chi connectivity index (χ2n) is 5.61. The van der Waals surface area contributed by atoms with E-state index in [1.807, 2.05) is 0 Å². The highest BCUT2D eigenvalue weighted by molar-refractivity contribution is 5.45. The van der Waals surface area contributed by atoms with Crippen LogP contribution in [0.3, 0.4) is 0 Å². The van der Waals surface area contributed by atoms with Crippen LogP contribution < -0.4 is 9.64 Å². The average molecular weight is 297 g/mol. The van der Waals surface area contributed by atoms with E-state index >= 15 is 0 Å². The number of benzene rings is 2. The van der Waals surface area contributed by atoms with E-state index in [1.165, 1.54) is 11.3 Å². The summed E-state index contributed by atoms with van der Waals surface area (Å²) in [6.45, 7) is 9.24. The van der Waals surface area contributed by atoms with Crippen molar-refractivity contribution >= 4 is 5.69 Å². The summed E-state index contributed by atoms with van der Waals surface area (Å²) >= 11 is 0. The highest BCUT2D eigenvalue weighted by Gasteiger charge is 2.10. The van der Waals surface area contributed by atoms with Crippen molar-refractivity contribution in [3.63, 3.8) is 0 Å². The molecule has 0 aliphatic carbocycles. The first kappa shape index (κ1) is 16.4. The Morgan fingerprint density at radius 1 is 0.955 bits per heavy atom. The lowest BCUT2D eigenvalue weighted by Crippen LogP contribution is -2.28. The Morgan fingerprint density at radius 2 is 1.64 bits per heavy atom. The van der Waals surface area contributed by atoms with E-state index in [9.17, 15) is 0 Å². The van der Waals surface area contributed by atoms with Crippen LogP contribution in [0, 0.1) is 0 Å².